The van der Waals surface area contributed by atoms with E-state index in [1.807, 2.05) is 0 Å². The van der Waals surface area contributed by atoms with Gasteiger partial charge in [0.15, 0.2) is 5.78 Å². The van der Waals surface area contributed by atoms with E-state index in [2.05, 4.69) is 15.9 Å². The van der Waals surface area contributed by atoms with Crippen molar-refractivity contribution in [2.75, 3.05) is 0 Å². The first-order valence-electron chi connectivity index (χ1n) is 5.91. The molecule has 110 valence electrons. The normalized spacial score (nSPS) is 11.5. The molecule has 0 radical (unpaired) electrons. The zero-order valence-electron chi connectivity index (χ0n) is 10.5. The molecule has 0 atom stereocenters. The molecule has 2 aromatic carbocycles. The highest BCUT2D eigenvalue weighted by Crippen LogP contribution is 2.30. The summed E-state index contributed by atoms with van der Waals surface area (Å²) < 4.78 is 38.5. The maximum absolute atomic E-state index is 12.6. The lowest BCUT2D eigenvalue weighted by Crippen LogP contribution is -2.08. The third-order valence-corrected chi connectivity index (χ3v) is 3.48. The first-order chi connectivity index (χ1) is 9.75. The molecule has 0 aliphatic rings. The van der Waals surface area contributed by atoms with E-state index in [0.29, 0.717) is 20.6 Å². The third kappa shape index (κ3) is 4.32. The van der Waals surface area contributed by atoms with Crippen LogP contribution in [-0.2, 0) is 12.6 Å². The molecule has 0 aliphatic carbocycles. The molecule has 0 aromatic heterocycles. The molecule has 21 heavy (non-hydrogen) atoms. The number of ketones is 1. The fourth-order valence-corrected chi connectivity index (χ4v) is 2.72. The largest absolute Gasteiger partial charge is 0.416 e. The van der Waals surface area contributed by atoms with E-state index in [-0.39, 0.29) is 12.2 Å². The summed E-state index contributed by atoms with van der Waals surface area (Å²) in [5.41, 5.74) is -0.0993. The van der Waals surface area contributed by atoms with Crippen molar-refractivity contribution in [3.8, 4) is 0 Å². The Balaban J connectivity index is 2.23. The fraction of sp³-hybridized carbons (Fsp3) is 0.133. The number of rotatable bonds is 3. The molecule has 0 saturated carbocycles. The molecule has 1 nitrogen and oxygen atoms in total. The quantitative estimate of drug-likeness (QED) is 0.641. The van der Waals surface area contributed by atoms with Crippen LogP contribution >= 0.6 is 27.5 Å². The van der Waals surface area contributed by atoms with Gasteiger partial charge in [-0.05, 0) is 29.8 Å². The third-order valence-electron chi connectivity index (χ3n) is 2.80. The van der Waals surface area contributed by atoms with E-state index < -0.39 is 11.7 Å². The smallest absolute Gasteiger partial charge is 0.294 e. The number of carbonyl (C=O) groups excluding carboxylic acids is 1. The van der Waals surface area contributed by atoms with Crippen molar-refractivity contribution in [2.45, 2.75) is 12.6 Å². The number of hydrogen-bond acceptors (Lipinski definition) is 1. The van der Waals surface area contributed by atoms with Crippen molar-refractivity contribution >= 4 is 33.3 Å². The Morgan fingerprint density at radius 2 is 1.86 bits per heavy atom. The van der Waals surface area contributed by atoms with Crippen LogP contribution in [0.3, 0.4) is 0 Å². The Labute approximate surface area is 132 Å². The highest BCUT2D eigenvalue weighted by Gasteiger charge is 2.30. The number of benzene rings is 2. The molecule has 2 aromatic rings. The van der Waals surface area contributed by atoms with E-state index in [4.69, 9.17) is 11.6 Å². The minimum Gasteiger partial charge on any atom is -0.294 e. The second-order valence-corrected chi connectivity index (χ2v) is 5.81. The van der Waals surface area contributed by atoms with Gasteiger partial charge in [-0.2, -0.15) is 13.2 Å². The van der Waals surface area contributed by atoms with Crippen LogP contribution in [-0.4, -0.2) is 5.78 Å². The Morgan fingerprint density at radius 3 is 2.48 bits per heavy atom. The number of hydrogen-bond donors (Lipinski definition) is 0. The van der Waals surface area contributed by atoms with E-state index in [1.165, 1.54) is 18.2 Å². The average Bonchev–Trinajstić information content (AvgIpc) is 2.37. The van der Waals surface area contributed by atoms with Crippen LogP contribution in [0.4, 0.5) is 13.2 Å². The monoisotopic (exact) mass is 376 g/mol. The predicted molar refractivity (Wildman–Crippen MR) is 78.6 cm³/mol. The topological polar surface area (TPSA) is 17.1 Å². The van der Waals surface area contributed by atoms with Crippen LogP contribution in [0, 0.1) is 0 Å². The Morgan fingerprint density at radius 1 is 1.14 bits per heavy atom. The minimum atomic E-state index is -4.42. The lowest BCUT2D eigenvalue weighted by molar-refractivity contribution is -0.137. The standard InChI is InChI=1S/C15H9BrClF3O/c16-12-6-10(7-13(17)8-12)14(21)5-9-2-1-3-11(4-9)15(18,19)20/h1-4,6-8H,5H2. The minimum absolute atomic E-state index is 0.114. The van der Waals surface area contributed by atoms with Crippen molar-refractivity contribution < 1.29 is 18.0 Å². The number of carbonyl (C=O) groups is 1. The zero-order chi connectivity index (χ0) is 15.6. The molecule has 0 aliphatic heterocycles. The van der Waals surface area contributed by atoms with Gasteiger partial charge in [-0.25, -0.2) is 0 Å². The van der Waals surface area contributed by atoms with Crippen molar-refractivity contribution in [1.82, 2.24) is 0 Å². The van der Waals surface area contributed by atoms with Gasteiger partial charge < -0.3 is 0 Å². The van der Waals surface area contributed by atoms with Gasteiger partial charge in [-0.3, -0.25) is 4.79 Å². The maximum atomic E-state index is 12.6. The molecule has 0 amide bonds. The summed E-state index contributed by atoms with van der Waals surface area (Å²) in [4.78, 5) is 12.1. The molecule has 0 fully saturated rings. The summed E-state index contributed by atoms with van der Waals surface area (Å²) in [7, 11) is 0. The Hall–Kier alpha value is -1.33. The SMILES string of the molecule is O=C(Cc1cccc(C(F)(F)F)c1)c1cc(Cl)cc(Br)c1. The Kier molecular flexibility index (Phi) is 4.74. The second-order valence-electron chi connectivity index (χ2n) is 4.46. The van der Waals surface area contributed by atoms with Crippen molar-refractivity contribution in [3.05, 3.63) is 68.7 Å². The van der Waals surface area contributed by atoms with Gasteiger partial charge in [-0.15, -0.1) is 0 Å². The highest BCUT2D eigenvalue weighted by molar-refractivity contribution is 9.10. The van der Waals surface area contributed by atoms with E-state index in [0.717, 1.165) is 12.1 Å². The first-order valence-corrected chi connectivity index (χ1v) is 7.08. The summed E-state index contributed by atoms with van der Waals surface area (Å²) in [5.74, 6) is -0.294. The van der Waals surface area contributed by atoms with Crippen molar-refractivity contribution in [1.29, 1.82) is 0 Å². The zero-order valence-corrected chi connectivity index (χ0v) is 12.9. The summed E-state index contributed by atoms with van der Waals surface area (Å²) in [6.45, 7) is 0. The maximum Gasteiger partial charge on any atom is 0.416 e. The summed E-state index contributed by atoms with van der Waals surface area (Å²) in [6, 6.07) is 9.44. The van der Waals surface area contributed by atoms with Crippen LogP contribution in [0.1, 0.15) is 21.5 Å². The van der Waals surface area contributed by atoms with Crippen LogP contribution in [0.2, 0.25) is 5.02 Å². The molecule has 0 heterocycles. The molecular formula is C15H9BrClF3O. The van der Waals surface area contributed by atoms with Crippen LogP contribution < -0.4 is 0 Å². The molecule has 2 rings (SSSR count). The van der Waals surface area contributed by atoms with E-state index in [1.54, 1.807) is 12.1 Å². The number of halogens is 5. The lowest BCUT2D eigenvalue weighted by Gasteiger charge is -2.08. The Bertz CT molecular complexity index is 663. The molecule has 0 spiro atoms. The van der Waals surface area contributed by atoms with Crippen LogP contribution in [0.15, 0.2) is 46.9 Å². The molecule has 6 heteroatoms. The van der Waals surface area contributed by atoms with Gasteiger partial charge in [0.05, 0.1) is 5.56 Å². The van der Waals surface area contributed by atoms with Crippen molar-refractivity contribution in [3.63, 3.8) is 0 Å². The van der Waals surface area contributed by atoms with Crippen LogP contribution in [0.5, 0.6) is 0 Å². The number of Topliss-reactive ketones (excluding diaryl/α,β-unsaturated/α-hetero) is 1. The average molecular weight is 378 g/mol. The fourth-order valence-electron chi connectivity index (χ4n) is 1.86. The summed E-state index contributed by atoms with van der Waals surface area (Å²) in [5, 5.41) is 0.386. The summed E-state index contributed by atoms with van der Waals surface area (Å²) in [6.07, 6.45) is -4.53. The van der Waals surface area contributed by atoms with Gasteiger partial charge >= 0.3 is 6.18 Å². The first kappa shape index (κ1) is 16.0. The van der Waals surface area contributed by atoms with Gasteiger partial charge in [0.2, 0.25) is 0 Å². The lowest BCUT2D eigenvalue weighted by atomic mass is 10.0. The molecule has 0 bridgehead atoms. The molecule has 0 saturated heterocycles. The number of alkyl halides is 3. The molecule has 0 unspecified atom stereocenters. The van der Waals surface area contributed by atoms with Gasteiger partial charge in [0, 0.05) is 21.5 Å². The van der Waals surface area contributed by atoms with Gasteiger partial charge in [0.1, 0.15) is 0 Å². The van der Waals surface area contributed by atoms with Gasteiger partial charge in [-0.1, -0.05) is 45.7 Å². The van der Waals surface area contributed by atoms with E-state index >= 15 is 0 Å². The van der Waals surface area contributed by atoms with Crippen molar-refractivity contribution in [2.24, 2.45) is 0 Å². The predicted octanol–water partition coefficient (Wildman–Crippen LogP) is 5.55. The van der Waals surface area contributed by atoms with E-state index in [9.17, 15) is 18.0 Å². The molecule has 0 N–H and O–H groups in total. The molecular weight excluding hydrogens is 369 g/mol. The second kappa shape index (κ2) is 6.20. The van der Waals surface area contributed by atoms with Crippen LogP contribution in [0.25, 0.3) is 0 Å². The summed E-state index contributed by atoms with van der Waals surface area (Å²) >= 11 is 9.07. The van der Waals surface area contributed by atoms with Gasteiger partial charge in [0.25, 0.3) is 0 Å². The highest BCUT2D eigenvalue weighted by atomic mass is 79.9.